The number of nitrogens with zero attached hydrogens (tertiary/aromatic N) is 3. The summed E-state index contributed by atoms with van der Waals surface area (Å²) in [6, 6.07) is 5.79. The van der Waals surface area contributed by atoms with Gasteiger partial charge in [0.25, 0.3) is 0 Å². The van der Waals surface area contributed by atoms with Gasteiger partial charge in [-0.15, -0.1) is 0 Å². The number of pyridine rings is 1. The molecule has 0 radical (unpaired) electrons. The van der Waals surface area contributed by atoms with Crippen molar-refractivity contribution in [2.24, 2.45) is 5.73 Å². The van der Waals surface area contributed by atoms with Crippen LogP contribution in [0.15, 0.2) is 33.9 Å². The Morgan fingerprint density at radius 3 is 3.07 bits per heavy atom. The van der Waals surface area contributed by atoms with E-state index in [-0.39, 0.29) is 0 Å². The quantitative estimate of drug-likeness (QED) is 0.856. The summed E-state index contributed by atoms with van der Waals surface area (Å²) in [6.45, 7) is 0.463. The van der Waals surface area contributed by atoms with Crippen molar-refractivity contribution in [1.29, 1.82) is 0 Å². The van der Waals surface area contributed by atoms with Crippen molar-refractivity contribution in [3.05, 3.63) is 30.2 Å². The first-order valence-corrected chi connectivity index (χ1v) is 5.58. The number of hydrogen-bond donors (Lipinski definition) is 1. The molecule has 72 valence electrons. The molecule has 2 heterocycles. The molecule has 0 aliphatic heterocycles. The summed E-state index contributed by atoms with van der Waals surface area (Å²) in [7, 11) is 0. The molecule has 0 spiro atoms. The van der Waals surface area contributed by atoms with E-state index in [4.69, 9.17) is 5.73 Å². The van der Waals surface area contributed by atoms with Crippen molar-refractivity contribution in [3.8, 4) is 0 Å². The Hall–Kier alpha value is -0.980. The fourth-order valence-corrected chi connectivity index (χ4v) is 2.33. The summed E-state index contributed by atoms with van der Waals surface area (Å²) >= 11 is 2.86. The summed E-state index contributed by atoms with van der Waals surface area (Å²) in [5.41, 5.74) is 6.38. The normalized spacial score (nSPS) is 10.4. The second kappa shape index (κ2) is 4.50. The van der Waals surface area contributed by atoms with Crippen LogP contribution in [-0.4, -0.2) is 14.3 Å². The summed E-state index contributed by atoms with van der Waals surface area (Å²) in [6.07, 6.45) is 1.54. The Morgan fingerprint density at radius 1 is 1.43 bits per heavy atom. The van der Waals surface area contributed by atoms with Crippen LogP contribution in [0.4, 0.5) is 0 Å². The van der Waals surface area contributed by atoms with Crippen molar-refractivity contribution >= 4 is 23.3 Å². The van der Waals surface area contributed by atoms with Gasteiger partial charge in [0.1, 0.15) is 11.4 Å². The van der Waals surface area contributed by atoms with E-state index in [9.17, 15) is 0 Å². The predicted octanol–water partition coefficient (Wildman–Crippen LogP) is 1.54. The van der Waals surface area contributed by atoms with E-state index < -0.39 is 0 Å². The van der Waals surface area contributed by atoms with Crippen molar-refractivity contribution < 1.29 is 0 Å². The molecular formula is C8H8N4S2. The third kappa shape index (κ3) is 2.28. The number of aromatic nitrogens is 3. The highest BCUT2D eigenvalue weighted by atomic mass is 32.2. The van der Waals surface area contributed by atoms with Gasteiger partial charge in [-0.25, -0.2) is 9.97 Å². The average Bonchev–Trinajstić information content (AvgIpc) is 2.71. The SMILES string of the molecule is NCc1cccc(Sc2ncns2)n1. The minimum Gasteiger partial charge on any atom is -0.325 e. The Labute approximate surface area is 89.8 Å². The van der Waals surface area contributed by atoms with Gasteiger partial charge >= 0.3 is 0 Å². The molecule has 0 fully saturated rings. The van der Waals surface area contributed by atoms with E-state index in [1.165, 1.54) is 23.3 Å². The number of nitrogens with two attached hydrogens (primary N) is 1. The molecule has 2 aromatic heterocycles. The molecule has 2 N–H and O–H groups in total. The molecule has 2 aromatic rings. The average molecular weight is 224 g/mol. The maximum atomic E-state index is 5.49. The molecule has 0 bridgehead atoms. The van der Waals surface area contributed by atoms with Gasteiger partial charge in [0, 0.05) is 6.54 Å². The third-order valence-corrected chi connectivity index (χ3v) is 3.17. The molecule has 4 nitrogen and oxygen atoms in total. The minimum atomic E-state index is 0.463. The van der Waals surface area contributed by atoms with Crippen LogP contribution in [0.5, 0.6) is 0 Å². The first kappa shape index (κ1) is 9.57. The van der Waals surface area contributed by atoms with E-state index >= 15 is 0 Å². The van der Waals surface area contributed by atoms with Gasteiger partial charge in [-0.2, -0.15) is 4.37 Å². The molecule has 2 rings (SSSR count). The van der Waals surface area contributed by atoms with Crippen molar-refractivity contribution in [2.45, 2.75) is 15.9 Å². The third-order valence-electron chi connectivity index (χ3n) is 1.52. The summed E-state index contributed by atoms with van der Waals surface area (Å²) in [5.74, 6) is 0. The summed E-state index contributed by atoms with van der Waals surface area (Å²) in [4.78, 5) is 8.41. The van der Waals surface area contributed by atoms with E-state index in [0.29, 0.717) is 6.54 Å². The van der Waals surface area contributed by atoms with Crippen LogP contribution < -0.4 is 5.73 Å². The monoisotopic (exact) mass is 224 g/mol. The molecule has 0 saturated heterocycles. The predicted molar refractivity (Wildman–Crippen MR) is 56.2 cm³/mol. The van der Waals surface area contributed by atoms with Crippen LogP contribution in [0.3, 0.4) is 0 Å². The van der Waals surface area contributed by atoms with Crippen LogP contribution in [0.1, 0.15) is 5.69 Å². The maximum Gasteiger partial charge on any atom is 0.175 e. The number of rotatable bonds is 3. The first-order chi connectivity index (χ1) is 6.88. The van der Waals surface area contributed by atoms with Crippen LogP contribution in [-0.2, 0) is 6.54 Å². The Bertz CT molecular complexity index is 401. The smallest absolute Gasteiger partial charge is 0.175 e. The molecule has 0 aliphatic carbocycles. The van der Waals surface area contributed by atoms with Gasteiger partial charge in [-0.3, -0.25) is 0 Å². The zero-order chi connectivity index (χ0) is 9.80. The van der Waals surface area contributed by atoms with Gasteiger partial charge in [-0.05, 0) is 35.4 Å². The van der Waals surface area contributed by atoms with Crippen LogP contribution in [0, 0.1) is 0 Å². The number of hydrogen-bond acceptors (Lipinski definition) is 6. The van der Waals surface area contributed by atoms with Crippen molar-refractivity contribution in [1.82, 2.24) is 14.3 Å². The lowest BCUT2D eigenvalue weighted by molar-refractivity contribution is 0.941. The molecule has 0 atom stereocenters. The van der Waals surface area contributed by atoms with E-state index in [1.54, 1.807) is 6.33 Å². The van der Waals surface area contributed by atoms with Crippen LogP contribution in [0.25, 0.3) is 0 Å². The second-order valence-corrected chi connectivity index (χ2v) is 4.53. The fraction of sp³-hybridized carbons (Fsp3) is 0.125. The molecule has 0 aliphatic rings. The van der Waals surface area contributed by atoms with Gasteiger partial charge < -0.3 is 5.73 Å². The topological polar surface area (TPSA) is 64.7 Å². The first-order valence-electron chi connectivity index (χ1n) is 3.99. The molecule has 0 unspecified atom stereocenters. The van der Waals surface area contributed by atoms with Crippen molar-refractivity contribution in [3.63, 3.8) is 0 Å². The zero-order valence-corrected chi connectivity index (χ0v) is 8.88. The Morgan fingerprint density at radius 2 is 2.36 bits per heavy atom. The Kier molecular flexibility index (Phi) is 3.07. The van der Waals surface area contributed by atoms with E-state index in [0.717, 1.165) is 15.1 Å². The van der Waals surface area contributed by atoms with E-state index in [2.05, 4.69) is 14.3 Å². The standard InChI is InChI=1S/C8H8N4S2/c9-4-6-2-1-3-7(12-6)13-8-10-5-11-14-8/h1-3,5H,4,9H2. The van der Waals surface area contributed by atoms with Crippen LogP contribution in [0.2, 0.25) is 0 Å². The summed E-state index contributed by atoms with van der Waals surface area (Å²) in [5, 5.41) is 0.907. The van der Waals surface area contributed by atoms with Crippen molar-refractivity contribution in [2.75, 3.05) is 0 Å². The molecule has 0 aromatic carbocycles. The molecular weight excluding hydrogens is 216 g/mol. The largest absolute Gasteiger partial charge is 0.325 e. The molecule has 0 amide bonds. The van der Waals surface area contributed by atoms with Gasteiger partial charge in [0.15, 0.2) is 4.34 Å². The second-order valence-electron chi connectivity index (χ2n) is 2.48. The van der Waals surface area contributed by atoms with E-state index in [1.807, 2.05) is 18.2 Å². The van der Waals surface area contributed by atoms with Gasteiger partial charge in [-0.1, -0.05) is 6.07 Å². The van der Waals surface area contributed by atoms with Crippen LogP contribution >= 0.6 is 23.3 Å². The Balaban J connectivity index is 2.17. The molecule has 0 saturated carbocycles. The van der Waals surface area contributed by atoms with Gasteiger partial charge in [0.2, 0.25) is 0 Å². The lowest BCUT2D eigenvalue weighted by Crippen LogP contribution is -1.99. The highest BCUT2D eigenvalue weighted by Crippen LogP contribution is 2.26. The highest BCUT2D eigenvalue weighted by Gasteiger charge is 2.02. The fourth-order valence-electron chi connectivity index (χ4n) is 0.925. The lowest BCUT2D eigenvalue weighted by atomic mass is 10.4. The van der Waals surface area contributed by atoms with Gasteiger partial charge in [0.05, 0.1) is 5.69 Å². The molecule has 14 heavy (non-hydrogen) atoms. The highest BCUT2D eigenvalue weighted by molar-refractivity contribution is 8.00. The lowest BCUT2D eigenvalue weighted by Gasteiger charge is -1.98. The zero-order valence-electron chi connectivity index (χ0n) is 7.25. The molecule has 6 heteroatoms. The summed E-state index contributed by atoms with van der Waals surface area (Å²) < 4.78 is 4.81. The maximum absolute atomic E-state index is 5.49. The minimum absolute atomic E-state index is 0.463.